The number of anilines is 1. The number of pyridine rings is 1. The van der Waals surface area contributed by atoms with E-state index in [4.69, 9.17) is 0 Å². The lowest BCUT2D eigenvalue weighted by Crippen LogP contribution is -2.49. The van der Waals surface area contributed by atoms with Crippen molar-refractivity contribution in [3.05, 3.63) is 24.4 Å². The van der Waals surface area contributed by atoms with E-state index in [-0.39, 0.29) is 5.75 Å². The second-order valence-electron chi connectivity index (χ2n) is 5.10. The van der Waals surface area contributed by atoms with Gasteiger partial charge in [-0.3, -0.25) is 0 Å². The molecule has 118 valence electrons. The minimum Gasteiger partial charge on any atom is -0.354 e. The summed E-state index contributed by atoms with van der Waals surface area (Å²) in [5, 5.41) is 3.15. The number of nitrogens with one attached hydrogen (secondary N) is 1. The van der Waals surface area contributed by atoms with E-state index in [1.807, 2.05) is 25.1 Å². The molecule has 1 aliphatic rings. The van der Waals surface area contributed by atoms with Gasteiger partial charge in [-0.2, -0.15) is 4.31 Å². The van der Waals surface area contributed by atoms with Gasteiger partial charge in [0.1, 0.15) is 5.82 Å². The Morgan fingerprint density at radius 2 is 2.00 bits per heavy atom. The maximum absolute atomic E-state index is 12.3. The van der Waals surface area contributed by atoms with Crippen LogP contribution in [0.3, 0.4) is 0 Å². The summed E-state index contributed by atoms with van der Waals surface area (Å²) in [6.07, 6.45) is 2.43. The van der Waals surface area contributed by atoms with E-state index in [1.165, 1.54) is 0 Å². The fraction of sp³-hybridized carbons (Fsp3) is 0.643. The van der Waals surface area contributed by atoms with Gasteiger partial charge in [0.25, 0.3) is 0 Å². The molecule has 1 saturated heterocycles. The molecule has 0 spiro atoms. The molecule has 1 fully saturated rings. The van der Waals surface area contributed by atoms with Gasteiger partial charge in [0.15, 0.2) is 0 Å². The van der Waals surface area contributed by atoms with Crippen LogP contribution < -0.4 is 10.2 Å². The number of aromatic nitrogens is 1. The molecule has 2 rings (SSSR count). The molecule has 21 heavy (non-hydrogen) atoms. The summed E-state index contributed by atoms with van der Waals surface area (Å²) in [4.78, 5) is 6.44. The van der Waals surface area contributed by atoms with E-state index < -0.39 is 10.0 Å². The summed E-state index contributed by atoms with van der Waals surface area (Å²) < 4.78 is 26.1. The second-order valence-corrected chi connectivity index (χ2v) is 7.19. The number of hydrogen-bond donors (Lipinski definition) is 1. The van der Waals surface area contributed by atoms with Crippen LogP contribution in [0.25, 0.3) is 0 Å². The summed E-state index contributed by atoms with van der Waals surface area (Å²) in [5.41, 5.74) is 0. The Morgan fingerprint density at radius 1 is 1.24 bits per heavy atom. The zero-order chi connectivity index (χ0) is 15.1. The van der Waals surface area contributed by atoms with Crippen molar-refractivity contribution in [3.8, 4) is 0 Å². The molecule has 0 bridgehead atoms. The zero-order valence-corrected chi connectivity index (χ0v) is 13.3. The highest BCUT2D eigenvalue weighted by atomic mass is 32.2. The standard InChI is InChI=1S/C14H24N4O2S/c1-2-15-7-5-13-21(19,20)18-11-9-17(10-12-18)14-6-3-4-8-16-14/h3-4,6,8,15H,2,5,7,9-13H2,1H3. The lowest BCUT2D eigenvalue weighted by atomic mass is 10.3. The predicted octanol–water partition coefficient (Wildman–Crippen LogP) is 0.533. The van der Waals surface area contributed by atoms with Crippen molar-refractivity contribution in [2.45, 2.75) is 13.3 Å². The second kappa shape index (κ2) is 7.72. The van der Waals surface area contributed by atoms with Gasteiger partial charge in [-0.05, 0) is 31.6 Å². The number of sulfonamides is 1. The highest BCUT2D eigenvalue weighted by Crippen LogP contribution is 2.15. The summed E-state index contributed by atoms with van der Waals surface area (Å²) in [5.74, 6) is 1.14. The van der Waals surface area contributed by atoms with Crippen LogP contribution in [0.2, 0.25) is 0 Å². The Labute approximate surface area is 127 Å². The van der Waals surface area contributed by atoms with Crippen molar-refractivity contribution in [2.75, 3.05) is 49.9 Å². The van der Waals surface area contributed by atoms with Gasteiger partial charge in [-0.15, -0.1) is 0 Å². The first kappa shape index (κ1) is 16.2. The third kappa shape index (κ3) is 4.66. The number of hydrogen-bond acceptors (Lipinski definition) is 5. The van der Waals surface area contributed by atoms with Crippen molar-refractivity contribution in [3.63, 3.8) is 0 Å². The minimum absolute atomic E-state index is 0.226. The first-order chi connectivity index (χ1) is 10.1. The minimum atomic E-state index is -3.12. The third-order valence-electron chi connectivity index (χ3n) is 3.61. The maximum Gasteiger partial charge on any atom is 0.214 e. The van der Waals surface area contributed by atoms with Gasteiger partial charge in [0, 0.05) is 32.4 Å². The smallest absolute Gasteiger partial charge is 0.214 e. The largest absolute Gasteiger partial charge is 0.354 e. The maximum atomic E-state index is 12.3. The van der Waals surface area contributed by atoms with E-state index >= 15 is 0 Å². The monoisotopic (exact) mass is 312 g/mol. The molecule has 0 aliphatic carbocycles. The molecular formula is C14H24N4O2S. The fourth-order valence-electron chi connectivity index (χ4n) is 2.42. The van der Waals surface area contributed by atoms with Crippen molar-refractivity contribution in [1.82, 2.24) is 14.6 Å². The summed E-state index contributed by atoms with van der Waals surface area (Å²) in [6, 6.07) is 5.79. The van der Waals surface area contributed by atoms with Crippen LogP contribution >= 0.6 is 0 Å². The van der Waals surface area contributed by atoms with Gasteiger partial charge >= 0.3 is 0 Å². The molecule has 1 aliphatic heterocycles. The van der Waals surface area contributed by atoms with Crippen LogP contribution in [0.15, 0.2) is 24.4 Å². The first-order valence-corrected chi connectivity index (χ1v) is 9.09. The summed E-state index contributed by atoms with van der Waals surface area (Å²) >= 11 is 0. The van der Waals surface area contributed by atoms with Crippen molar-refractivity contribution >= 4 is 15.8 Å². The molecule has 0 atom stereocenters. The van der Waals surface area contributed by atoms with Gasteiger partial charge < -0.3 is 10.2 Å². The Hall–Kier alpha value is -1.18. The number of nitrogens with zero attached hydrogens (tertiary/aromatic N) is 3. The molecule has 0 unspecified atom stereocenters. The summed E-state index contributed by atoms with van der Waals surface area (Å²) in [6.45, 7) is 6.13. The molecule has 0 radical (unpaired) electrons. The molecule has 0 amide bonds. The Bertz CT molecular complexity index is 513. The average Bonchev–Trinajstić information content (AvgIpc) is 2.53. The van der Waals surface area contributed by atoms with Crippen LogP contribution in [0.5, 0.6) is 0 Å². The highest BCUT2D eigenvalue weighted by Gasteiger charge is 2.26. The number of rotatable bonds is 7. The topological polar surface area (TPSA) is 65.5 Å². The van der Waals surface area contributed by atoms with E-state index in [0.717, 1.165) is 18.9 Å². The van der Waals surface area contributed by atoms with Crippen molar-refractivity contribution < 1.29 is 8.42 Å². The van der Waals surface area contributed by atoms with Crippen molar-refractivity contribution in [2.24, 2.45) is 0 Å². The molecule has 0 aromatic carbocycles. The molecule has 0 saturated carbocycles. The Balaban J connectivity index is 1.83. The van der Waals surface area contributed by atoms with Crippen LogP contribution in [0.4, 0.5) is 5.82 Å². The third-order valence-corrected chi connectivity index (χ3v) is 5.57. The van der Waals surface area contributed by atoms with Crippen LogP contribution in [0, 0.1) is 0 Å². The SMILES string of the molecule is CCNCCCS(=O)(=O)N1CCN(c2ccccn2)CC1. The van der Waals surface area contributed by atoms with Gasteiger partial charge in [0.05, 0.1) is 5.75 Å². The van der Waals surface area contributed by atoms with E-state index in [9.17, 15) is 8.42 Å². The predicted molar refractivity (Wildman–Crippen MR) is 85.0 cm³/mol. The summed E-state index contributed by atoms with van der Waals surface area (Å²) in [7, 11) is -3.12. The van der Waals surface area contributed by atoms with Gasteiger partial charge in [-0.1, -0.05) is 13.0 Å². The molecule has 1 aromatic rings. The van der Waals surface area contributed by atoms with Gasteiger partial charge in [0.2, 0.25) is 10.0 Å². The van der Waals surface area contributed by atoms with E-state index in [2.05, 4.69) is 15.2 Å². The number of piperazine rings is 1. The molecule has 6 nitrogen and oxygen atoms in total. The molecule has 1 N–H and O–H groups in total. The fourth-order valence-corrected chi connectivity index (χ4v) is 3.91. The zero-order valence-electron chi connectivity index (χ0n) is 12.5. The lowest BCUT2D eigenvalue weighted by Gasteiger charge is -2.34. The molecule has 1 aromatic heterocycles. The van der Waals surface area contributed by atoms with Crippen LogP contribution in [-0.4, -0.2) is 62.7 Å². The molecular weight excluding hydrogens is 288 g/mol. The van der Waals surface area contributed by atoms with Crippen LogP contribution in [0.1, 0.15) is 13.3 Å². The van der Waals surface area contributed by atoms with Crippen molar-refractivity contribution in [1.29, 1.82) is 0 Å². The Morgan fingerprint density at radius 3 is 2.62 bits per heavy atom. The van der Waals surface area contributed by atoms with Gasteiger partial charge in [-0.25, -0.2) is 13.4 Å². The van der Waals surface area contributed by atoms with Crippen LogP contribution in [-0.2, 0) is 10.0 Å². The lowest BCUT2D eigenvalue weighted by molar-refractivity contribution is 0.383. The molecule has 2 heterocycles. The molecule has 7 heteroatoms. The first-order valence-electron chi connectivity index (χ1n) is 7.48. The quantitative estimate of drug-likeness (QED) is 0.744. The van der Waals surface area contributed by atoms with E-state index in [1.54, 1.807) is 10.5 Å². The average molecular weight is 312 g/mol. The van der Waals surface area contributed by atoms with E-state index in [0.29, 0.717) is 32.6 Å². The normalized spacial score (nSPS) is 17.1. The Kier molecular flexibility index (Phi) is 5.96. The highest BCUT2D eigenvalue weighted by molar-refractivity contribution is 7.89.